The molecular formula is C26H31N3O5S. The molecule has 0 aromatic heterocycles. The average Bonchev–Trinajstić information content (AvgIpc) is 2.86. The summed E-state index contributed by atoms with van der Waals surface area (Å²) in [4.78, 5) is 27.4. The Morgan fingerprint density at radius 1 is 1.00 bits per heavy atom. The molecule has 3 aromatic rings. The highest BCUT2D eigenvalue weighted by atomic mass is 32.2. The van der Waals surface area contributed by atoms with E-state index >= 15 is 0 Å². The molecule has 3 aromatic carbocycles. The van der Waals surface area contributed by atoms with E-state index in [0.29, 0.717) is 12.3 Å². The number of methoxy groups -OCH3 is 1. The summed E-state index contributed by atoms with van der Waals surface area (Å²) >= 11 is 0. The molecule has 8 nitrogen and oxygen atoms in total. The van der Waals surface area contributed by atoms with Gasteiger partial charge in [-0.15, -0.1) is 0 Å². The van der Waals surface area contributed by atoms with Gasteiger partial charge in [-0.25, -0.2) is 8.42 Å². The summed E-state index contributed by atoms with van der Waals surface area (Å²) in [6, 6.07) is 18.7. The summed E-state index contributed by atoms with van der Waals surface area (Å²) in [7, 11) is -1.02. The number of rotatable bonds is 10. The van der Waals surface area contributed by atoms with Crippen LogP contribution in [0.1, 0.15) is 19.4 Å². The van der Waals surface area contributed by atoms with Crippen molar-refractivity contribution in [3.05, 3.63) is 72.3 Å². The lowest BCUT2D eigenvalue weighted by molar-refractivity contribution is -0.140. The Balaban J connectivity index is 1.85. The van der Waals surface area contributed by atoms with E-state index in [9.17, 15) is 18.0 Å². The second kappa shape index (κ2) is 11.3. The van der Waals surface area contributed by atoms with Crippen LogP contribution in [0.5, 0.6) is 5.75 Å². The number of benzene rings is 3. The van der Waals surface area contributed by atoms with E-state index in [1.807, 2.05) is 30.3 Å². The summed E-state index contributed by atoms with van der Waals surface area (Å²) < 4.78 is 32.8. The number of amides is 2. The number of hydrogen-bond acceptors (Lipinski definition) is 5. The number of likely N-dealkylation sites (N-methyl/N-ethyl adjacent to an activating group) is 2. The Labute approximate surface area is 206 Å². The van der Waals surface area contributed by atoms with E-state index in [0.717, 1.165) is 20.6 Å². The van der Waals surface area contributed by atoms with Crippen molar-refractivity contribution >= 4 is 32.6 Å². The number of carbonyl (C=O) groups is 2. The fourth-order valence-corrected chi connectivity index (χ4v) is 4.90. The van der Waals surface area contributed by atoms with Crippen LogP contribution in [-0.4, -0.2) is 62.7 Å². The fourth-order valence-electron chi connectivity index (χ4n) is 3.75. The second-order valence-electron chi connectivity index (χ2n) is 8.21. The van der Waals surface area contributed by atoms with Gasteiger partial charge in [0.2, 0.25) is 21.8 Å². The Hall–Kier alpha value is -3.43. The van der Waals surface area contributed by atoms with Crippen LogP contribution < -0.4 is 10.1 Å². The van der Waals surface area contributed by atoms with Gasteiger partial charge in [-0.1, -0.05) is 42.5 Å². The van der Waals surface area contributed by atoms with E-state index < -0.39 is 28.5 Å². The molecule has 1 N–H and O–H groups in total. The number of sulfonamides is 1. The van der Waals surface area contributed by atoms with Crippen LogP contribution in [0, 0.1) is 0 Å². The molecule has 1 unspecified atom stereocenters. The molecule has 0 saturated heterocycles. The van der Waals surface area contributed by atoms with Gasteiger partial charge < -0.3 is 15.0 Å². The first kappa shape index (κ1) is 26.2. The lowest BCUT2D eigenvalue weighted by atomic mass is 10.1. The second-order valence-corrected chi connectivity index (χ2v) is 10.3. The maximum Gasteiger partial charge on any atom is 0.243 e. The van der Waals surface area contributed by atoms with Crippen molar-refractivity contribution in [3.8, 4) is 5.75 Å². The highest BCUT2D eigenvalue weighted by molar-refractivity contribution is 7.89. The normalized spacial score (nSPS) is 12.4. The molecule has 0 bridgehead atoms. The zero-order chi connectivity index (χ0) is 25.6. The first-order valence-electron chi connectivity index (χ1n) is 11.3. The Bertz CT molecular complexity index is 1310. The number of hydrogen-bond donors (Lipinski definition) is 1. The predicted molar refractivity (Wildman–Crippen MR) is 135 cm³/mol. The maximum atomic E-state index is 13.4. The van der Waals surface area contributed by atoms with Gasteiger partial charge in [0.25, 0.3) is 0 Å². The molecule has 0 spiro atoms. The monoisotopic (exact) mass is 497 g/mol. The molecule has 1 atom stereocenters. The summed E-state index contributed by atoms with van der Waals surface area (Å²) in [5, 5.41) is 4.44. The van der Waals surface area contributed by atoms with Crippen LogP contribution in [-0.2, 0) is 26.2 Å². The molecule has 2 amide bonds. The van der Waals surface area contributed by atoms with Crippen molar-refractivity contribution in [1.82, 2.24) is 14.5 Å². The van der Waals surface area contributed by atoms with Gasteiger partial charge >= 0.3 is 0 Å². The fraction of sp³-hybridized carbons (Fsp3) is 0.308. The zero-order valence-electron chi connectivity index (χ0n) is 20.4. The number of nitrogens with one attached hydrogen (secondary N) is 1. The summed E-state index contributed by atoms with van der Waals surface area (Å²) in [5.41, 5.74) is 0.758. The third-order valence-electron chi connectivity index (χ3n) is 5.79. The standard InChI is InChI=1S/C26H31N3O5S/c1-5-27-26(31)19(2)29(17-20-9-8-12-23(15-20)34-4)25(30)18-28(3)35(32,33)24-14-13-21-10-6-7-11-22(21)16-24/h6-16,19H,5,17-18H2,1-4H3,(H,27,31). The quantitative estimate of drug-likeness (QED) is 0.465. The Kier molecular flexibility index (Phi) is 8.48. The van der Waals surface area contributed by atoms with E-state index in [1.165, 1.54) is 18.0 Å². The Morgan fingerprint density at radius 3 is 2.40 bits per heavy atom. The minimum absolute atomic E-state index is 0.0996. The first-order chi connectivity index (χ1) is 16.7. The Morgan fingerprint density at radius 2 is 1.71 bits per heavy atom. The molecule has 0 saturated carbocycles. The van der Waals surface area contributed by atoms with Crippen LogP contribution in [0.15, 0.2) is 71.6 Å². The number of fused-ring (bicyclic) bond motifs is 1. The number of ether oxygens (including phenoxy) is 1. The molecule has 3 rings (SSSR count). The minimum atomic E-state index is -3.93. The van der Waals surface area contributed by atoms with Crippen molar-refractivity contribution in [3.63, 3.8) is 0 Å². The van der Waals surface area contributed by atoms with Gasteiger partial charge in [-0.3, -0.25) is 9.59 Å². The van der Waals surface area contributed by atoms with Crippen molar-refractivity contribution in [2.75, 3.05) is 27.2 Å². The molecular weight excluding hydrogens is 466 g/mol. The van der Waals surface area contributed by atoms with E-state index in [-0.39, 0.29) is 17.3 Å². The summed E-state index contributed by atoms with van der Waals surface area (Å²) in [6.45, 7) is 3.55. The zero-order valence-corrected chi connectivity index (χ0v) is 21.2. The van der Waals surface area contributed by atoms with Crippen molar-refractivity contribution in [1.29, 1.82) is 0 Å². The summed E-state index contributed by atoms with van der Waals surface area (Å²) in [5.74, 6) is -0.182. The first-order valence-corrected chi connectivity index (χ1v) is 12.8. The highest BCUT2D eigenvalue weighted by Gasteiger charge is 2.30. The molecule has 0 aliphatic carbocycles. The number of nitrogens with zero attached hydrogens (tertiary/aromatic N) is 2. The largest absolute Gasteiger partial charge is 0.497 e. The summed E-state index contributed by atoms with van der Waals surface area (Å²) in [6.07, 6.45) is 0. The molecule has 186 valence electrons. The molecule has 0 heterocycles. The highest BCUT2D eigenvalue weighted by Crippen LogP contribution is 2.22. The van der Waals surface area contributed by atoms with Crippen LogP contribution in [0.3, 0.4) is 0 Å². The molecule has 0 aliphatic heterocycles. The van der Waals surface area contributed by atoms with Crippen molar-refractivity contribution < 1.29 is 22.7 Å². The molecule has 9 heteroatoms. The topological polar surface area (TPSA) is 96.0 Å². The van der Waals surface area contributed by atoms with Crippen molar-refractivity contribution in [2.45, 2.75) is 31.3 Å². The van der Waals surface area contributed by atoms with Gasteiger partial charge in [-0.2, -0.15) is 4.31 Å². The van der Waals surface area contributed by atoms with Crippen molar-refractivity contribution in [2.24, 2.45) is 0 Å². The SMILES string of the molecule is CCNC(=O)C(C)N(Cc1cccc(OC)c1)C(=O)CN(C)S(=O)(=O)c1ccc2ccccc2c1. The third-order valence-corrected chi connectivity index (χ3v) is 7.59. The number of carbonyl (C=O) groups excluding carboxylic acids is 2. The molecule has 35 heavy (non-hydrogen) atoms. The van der Waals surface area contributed by atoms with Crippen LogP contribution in [0.25, 0.3) is 10.8 Å². The van der Waals surface area contributed by atoms with Crippen LogP contribution >= 0.6 is 0 Å². The maximum absolute atomic E-state index is 13.4. The molecule has 0 aliphatic rings. The van der Waals surface area contributed by atoms with E-state index in [2.05, 4.69) is 5.32 Å². The third kappa shape index (κ3) is 6.17. The van der Waals surface area contributed by atoms with Gasteiger partial charge in [0.15, 0.2) is 0 Å². The molecule has 0 radical (unpaired) electrons. The lowest BCUT2D eigenvalue weighted by Gasteiger charge is -2.30. The van der Waals surface area contributed by atoms with Gasteiger partial charge in [0.05, 0.1) is 18.6 Å². The van der Waals surface area contributed by atoms with Gasteiger partial charge in [0.1, 0.15) is 11.8 Å². The van der Waals surface area contributed by atoms with Gasteiger partial charge in [0, 0.05) is 20.1 Å². The minimum Gasteiger partial charge on any atom is -0.497 e. The van der Waals surface area contributed by atoms with Crippen LogP contribution in [0.2, 0.25) is 0 Å². The van der Waals surface area contributed by atoms with Crippen LogP contribution in [0.4, 0.5) is 0 Å². The smallest absolute Gasteiger partial charge is 0.243 e. The lowest BCUT2D eigenvalue weighted by Crippen LogP contribution is -2.50. The molecule has 0 fully saturated rings. The predicted octanol–water partition coefficient (Wildman–Crippen LogP) is 3.02. The van der Waals surface area contributed by atoms with Gasteiger partial charge in [-0.05, 0) is 54.4 Å². The van der Waals surface area contributed by atoms with E-state index in [1.54, 1.807) is 51.3 Å². The average molecular weight is 498 g/mol. The van der Waals surface area contributed by atoms with E-state index in [4.69, 9.17) is 4.74 Å².